The van der Waals surface area contributed by atoms with E-state index in [1.165, 1.54) is 31.4 Å². The van der Waals surface area contributed by atoms with Crippen molar-refractivity contribution in [3.8, 4) is 5.75 Å². The molecule has 2 heterocycles. The van der Waals surface area contributed by atoms with Crippen molar-refractivity contribution in [1.82, 2.24) is 46.3 Å². The normalized spacial score (nSPS) is 14.3. The third kappa shape index (κ3) is 40.9. The predicted molar refractivity (Wildman–Crippen MR) is 415 cm³/mol. The molecule has 0 saturated carbocycles. The molecule has 1 aromatic carbocycles. The van der Waals surface area contributed by atoms with Crippen LogP contribution in [0.1, 0.15) is 147 Å². The Labute approximate surface area is 663 Å². The van der Waals surface area contributed by atoms with E-state index in [9.17, 15) is 63.0 Å². The highest BCUT2D eigenvalue weighted by atomic mass is 32.1. The minimum atomic E-state index is -1.12. The molecule has 1 aromatic heterocycles. The van der Waals surface area contributed by atoms with Crippen molar-refractivity contribution in [2.45, 2.75) is 162 Å². The highest BCUT2D eigenvalue weighted by Gasteiger charge is 2.38. The van der Waals surface area contributed by atoms with Crippen LogP contribution in [0.2, 0.25) is 0 Å². The monoisotopic (exact) mass is 1610 g/mol. The van der Waals surface area contributed by atoms with Gasteiger partial charge in [-0.25, -0.2) is 4.98 Å². The molecule has 0 bridgehead atoms. The van der Waals surface area contributed by atoms with Crippen molar-refractivity contribution < 1.29 is 115 Å². The number of phenols is 1. The molecule has 0 aliphatic carbocycles. The number of aliphatic carboxylic acids is 1. The standard InChI is InChI=1S/C77H126N10O24S/c1-13-54(6)70(84-74(97)71(53(4)5)85(9)10)76(98)86(11)62(52(2)3)49-64(111-56(8)88)75-83-61(51-112-75)73(96)80-58(46-55(7)77(99)100)47-57-21-22-63(89)60(48-57)82-65(90)19-16-26-79-72(95)59(81-66(91)20-17-27-87-68(93)23-24-69(87)94)18-14-15-25-78-67(92)50-110-45-44-109-43-42-108-41-40-107-39-38-106-37-36-105-35-34-104-33-32-103-31-30-102-29-28-101-12/h21-24,48,51-55,58-59,62,64,70-71,89H,13-20,25-47,49-50H2,1-12H3,(H,78,92)(H,79,95)(H,80,96)(H,81,91)(H,82,90)(H,84,97)(H,99,100)/t54-,55-,58+,59-,62+,64+,70-,71-/m0/s1. The summed E-state index contributed by atoms with van der Waals surface area (Å²) in [7, 11) is 6.90. The SMILES string of the molecule is CC[C@H](C)[C@H](NC(=O)[C@H](C(C)C)N(C)C)C(=O)N(C)[C@H](C[C@@H](OC(C)=O)c1nc(C(=O)N[C@@H](Cc2ccc(O)c(NC(=O)CCCNC(=O)[C@H](CCCCNC(=O)COCCOCCOCCOCCOCCOCCOCCOCCOCCOC)NC(=O)CCCN3C(=O)C=CC3=O)c2)C[C@H](C)C(=O)O)cs1)C(C)C. The van der Waals surface area contributed by atoms with Crippen LogP contribution < -0.4 is 31.9 Å². The molecular weight excluding hydrogens is 1480 g/mol. The highest BCUT2D eigenvalue weighted by molar-refractivity contribution is 7.09. The zero-order chi connectivity index (χ0) is 82.8. The Morgan fingerprint density at radius 1 is 0.616 bits per heavy atom. The maximum absolute atomic E-state index is 14.5. The summed E-state index contributed by atoms with van der Waals surface area (Å²) in [6.07, 6.45) is 3.04. The predicted octanol–water partition coefficient (Wildman–Crippen LogP) is 4.00. The molecule has 8 atom stereocenters. The number of anilines is 1. The zero-order valence-corrected chi connectivity index (χ0v) is 68.5. The average Bonchev–Trinajstić information content (AvgIpc) is 1.14. The van der Waals surface area contributed by atoms with Crippen LogP contribution in [0.25, 0.3) is 0 Å². The van der Waals surface area contributed by atoms with Crippen molar-refractivity contribution in [2.24, 2.45) is 23.7 Å². The number of unbranched alkanes of at least 4 members (excludes halogenated alkanes) is 1. The van der Waals surface area contributed by atoms with E-state index in [0.29, 0.717) is 131 Å². The van der Waals surface area contributed by atoms with Crippen LogP contribution >= 0.6 is 11.3 Å². The molecule has 35 heteroatoms. The maximum atomic E-state index is 14.5. The number of carboxylic acids is 1. The van der Waals surface area contributed by atoms with E-state index in [1.54, 1.807) is 25.1 Å². The summed E-state index contributed by atoms with van der Waals surface area (Å²) in [5.41, 5.74) is 0.483. The van der Waals surface area contributed by atoms with E-state index in [4.69, 9.17) is 52.1 Å². The van der Waals surface area contributed by atoms with E-state index in [0.717, 1.165) is 28.4 Å². The Bertz CT molecular complexity index is 3150. The van der Waals surface area contributed by atoms with E-state index in [1.807, 2.05) is 60.5 Å². The molecule has 0 radical (unpaired) electrons. The fourth-order valence-corrected chi connectivity index (χ4v) is 12.6. The number of esters is 1. The summed E-state index contributed by atoms with van der Waals surface area (Å²) >= 11 is 1.07. The lowest BCUT2D eigenvalue weighted by atomic mass is 9.92. The number of benzene rings is 1. The molecule has 0 unspecified atom stereocenters. The Morgan fingerprint density at radius 2 is 1.15 bits per heavy atom. The third-order valence-electron chi connectivity index (χ3n) is 18.0. The second-order valence-corrected chi connectivity index (χ2v) is 28.9. The summed E-state index contributed by atoms with van der Waals surface area (Å²) in [5, 5.41) is 39.5. The Kier molecular flexibility index (Phi) is 50.5. The fourth-order valence-electron chi connectivity index (χ4n) is 11.7. The van der Waals surface area contributed by atoms with E-state index in [2.05, 4.69) is 36.9 Å². The molecule has 34 nitrogen and oxygen atoms in total. The van der Waals surface area contributed by atoms with Gasteiger partial charge in [0.1, 0.15) is 35.1 Å². The first kappa shape index (κ1) is 98.5. The smallest absolute Gasteiger partial charge is 0.306 e. The van der Waals surface area contributed by atoms with Crippen LogP contribution in [0.4, 0.5) is 5.69 Å². The quantitative estimate of drug-likeness (QED) is 0.0201. The van der Waals surface area contributed by atoms with Crippen LogP contribution in [0.5, 0.6) is 5.75 Å². The summed E-state index contributed by atoms with van der Waals surface area (Å²) in [6, 6.07) is 0.684. The van der Waals surface area contributed by atoms with Gasteiger partial charge in [-0.3, -0.25) is 62.5 Å². The minimum absolute atomic E-state index is 0.000441. The highest BCUT2D eigenvalue weighted by Crippen LogP contribution is 2.32. The van der Waals surface area contributed by atoms with Gasteiger partial charge < -0.3 is 99.1 Å². The molecule has 0 saturated heterocycles. The van der Waals surface area contributed by atoms with Crippen molar-refractivity contribution in [1.29, 1.82) is 0 Å². The maximum Gasteiger partial charge on any atom is 0.306 e. The number of aromatic nitrogens is 1. The van der Waals surface area contributed by atoms with Gasteiger partial charge in [-0.15, -0.1) is 11.3 Å². The number of rotatable bonds is 65. The Morgan fingerprint density at radius 3 is 1.66 bits per heavy atom. The summed E-state index contributed by atoms with van der Waals surface area (Å²) in [4.78, 5) is 153. The van der Waals surface area contributed by atoms with Crippen LogP contribution in [-0.2, 0) is 106 Å². The lowest BCUT2D eigenvalue weighted by molar-refractivity contribution is -0.149. The van der Waals surface area contributed by atoms with E-state index < -0.39 is 89.6 Å². The van der Waals surface area contributed by atoms with Gasteiger partial charge in [-0.2, -0.15) is 0 Å². The molecule has 2 aromatic rings. The average molecular weight is 1610 g/mol. The molecule has 112 heavy (non-hydrogen) atoms. The van der Waals surface area contributed by atoms with Crippen molar-refractivity contribution in [3.05, 3.63) is 52.0 Å². The topological polar surface area (TPSA) is 425 Å². The van der Waals surface area contributed by atoms with Gasteiger partial charge >= 0.3 is 11.9 Å². The molecule has 8 N–H and O–H groups in total. The molecule has 1 aliphatic rings. The second-order valence-electron chi connectivity index (χ2n) is 28.0. The lowest BCUT2D eigenvalue weighted by Gasteiger charge is -2.37. The number of amides is 9. The Hall–Kier alpha value is -7.68. The van der Waals surface area contributed by atoms with E-state index >= 15 is 0 Å². The zero-order valence-electron chi connectivity index (χ0n) is 67.6. The number of carbonyl (C=O) groups excluding carboxylic acids is 10. The van der Waals surface area contributed by atoms with Gasteiger partial charge in [0.05, 0.1) is 137 Å². The molecule has 0 spiro atoms. The summed E-state index contributed by atoms with van der Waals surface area (Å²) < 4.78 is 59.9. The number of nitrogens with one attached hydrogen (secondary N) is 6. The first-order valence-corrected chi connectivity index (χ1v) is 39.5. The number of likely N-dealkylation sites (N-methyl/N-ethyl adjacent to an activating group) is 2. The van der Waals surface area contributed by atoms with Crippen molar-refractivity contribution >= 4 is 82.1 Å². The summed E-state index contributed by atoms with van der Waals surface area (Å²) in [5.74, 6) is -7.54. The fraction of sp³-hybridized carbons (Fsp3) is 0.714. The van der Waals surface area contributed by atoms with Crippen molar-refractivity contribution in [3.63, 3.8) is 0 Å². The number of imide groups is 1. The van der Waals surface area contributed by atoms with Gasteiger partial charge in [0, 0.05) is 89.6 Å². The number of thiazole rings is 1. The van der Waals surface area contributed by atoms with Crippen LogP contribution in [0.3, 0.4) is 0 Å². The number of ether oxygens (including phenoxy) is 11. The van der Waals surface area contributed by atoms with Gasteiger partial charge in [-0.05, 0) is 94.5 Å². The minimum Gasteiger partial charge on any atom is -0.506 e. The lowest BCUT2D eigenvalue weighted by Crippen LogP contribution is -2.58. The molecule has 0 fully saturated rings. The van der Waals surface area contributed by atoms with Gasteiger partial charge in [0.2, 0.25) is 35.4 Å². The number of methoxy groups -OCH3 is 1. The molecule has 634 valence electrons. The number of aromatic hydroxyl groups is 1. The van der Waals surface area contributed by atoms with E-state index in [-0.39, 0.29) is 148 Å². The Balaban J connectivity index is 1.48. The number of carboxylic acid groups (broad SMARTS) is 1. The van der Waals surface area contributed by atoms with Crippen molar-refractivity contribution in [2.75, 3.05) is 179 Å². The first-order chi connectivity index (χ1) is 53.6. The number of hydrogen-bond donors (Lipinski definition) is 8. The van der Waals surface area contributed by atoms with Crippen LogP contribution in [-0.4, -0.2) is 299 Å². The van der Waals surface area contributed by atoms with Crippen LogP contribution in [0.15, 0.2) is 35.7 Å². The van der Waals surface area contributed by atoms with Gasteiger partial charge in [0.25, 0.3) is 17.7 Å². The molecular formula is C77H126N10O24S. The largest absolute Gasteiger partial charge is 0.506 e. The van der Waals surface area contributed by atoms with Gasteiger partial charge in [-0.1, -0.05) is 61.0 Å². The van der Waals surface area contributed by atoms with Crippen LogP contribution in [0, 0.1) is 23.7 Å². The van der Waals surface area contributed by atoms with Gasteiger partial charge in [0.15, 0.2) is 6.10 Å². The molecule has 3 rings (SSSR count). The number of carbonyl (C=O) groups is 11. The molecule has 1 aliphatic heterocycles. The second kappa shape index (κ2) is 57.4. The number of phenolic OH excluding ortho intramolecular Hbond substituents is 1. The number of nitrogens with zero attached hydrogens (tertiary/aromatic N) is 4. The molecule has 9 amide bonds. The first-order valence-electron chi connectivity index (χ1n) is 38.7. The third-order valence-corrected chi connectivity index (χ3v) is 18.9. The number of hydrogen-bond acceptors (Lipinski definition) is 26. The summed E-state index contributed by atoms with van der Waals surface area (Å²) in [6.45, 7) is 21.9.